The second-order valence-corrected chi connectivity index (χ2v) is 6.22. The quantitative estimate of drug-likeness (QED) is 0.332. The second-order valence-electron chi connectivity index (χ2n) is 6.22. The Kier molecular flexibility index (Phi) is 2.08. The lowest BCUT2D eigenvalue weighted by molar-refractivity contribution is 1.36. The minimum absolute atomic E-state index is 0.299. The van der Waals surface area contributed by atoms with Gasteiger partial charge >= 0.3 is 0 Å². The molecular weight excluding hydrogens is 308 g/mol. The third kappa shape index (κ3) is 1.18. The SMILES string of the molecule is Cc1c(=O)c(=O)c2c3c[nH]c4c(C)c(=O)c(=O)c(c5c[nH]c1c52)c43. The van der Waals surface area contributed by atoms with Gasteiger partial charge in [0.05, 0.1) is 11.0 Å². The Balaban J connectivity index is 2.40. The van der Waals surface area contributed by atoms with Crippen LogP contribution in [-0.4, -0.2) is 9.97 Å². The molecule has 6 nitrogen and oxygen atoms in total. The summed E-state index contributed by atoms with van der Waals surface area (Å²) in [7, 11) is 0. The highest BCUT2D eigenvalue weighted by molar-refractivity contribution is 6.33. The molecule has 3 aromatic carbocycles. The Hall–Kier alpha value is -3.28. The minimum Gasteiger partial charge on any atom is -0.360 e. The molecule has 0 fully saturated rings. The van der Waals surface area contributed by atoms with Gasteiger partial charge in [-0.2, -0.15) is 0 Å². The summed E-state index contributed by atoms with van der Waals surface area (Å²) < 4.78 is 0. The molecule has 0 aliphatic rings. The molecular formula is C18H10N2O4. The maximum atomic E-state index is 12.6. The van der Waals surface area contributed by atoms with E-state index in [1.165, 1.54) is 0 Å². The monoisotopic (exact) mass is 318 g/mol. The number of aryl methyl sites for hydroxylation is 2. The highest BCUT2D eigenvalue weighted by atomic mass is 16.2. The lowest BCUT2D eigenvalue weighted by Gasteiger charge is -2.05. The molecule has 0 unspecified atom stereocenters. The fraction of sp³-hybridized carbons (Fsp3) is 0.111. The minimum atomic E-state index is -0.580. The van der Waals surface area contributed by atoms with Crippen LogP contribution >= 0.6 is 0 Å². The predicted molar refractivity (Wildman–Crippen MR) is 93.3 cm³/mol. The van der Waals surface area contributed by atoms with Crippen LogP contribution in [0.2, 0.25) is 0 Å². The lowest BCUT2D eigenvalue weighted by Crippen LogP contribution is -2.28. The van der Waals surface area contributed by atoms with Gasteiger partial charge in [-0.25, -0.2) is 0 Å². The first-order valence-electron chi connectivity index (χ1n) is 7.47. The molecule has 0 bridgehead atoms. The van der Waals surface area contributed by atoms with Gasteiger partial charge in [0.1, 0.15) is 0 Å². The summed E-state index contributed by atoms with van der Waals surface area (Å²) in [5, 5.41) is 2.72. The second kappa shape index (κ2) is 3.79. The molecule has 2 N–H and O–H groups in total. The number of aromatic nitrogens is 2. The zero-order valence-corrected chi connectivity index (χ0v) is 12.8. The molecule has 0 saturated heterocycles. The van der Waals surface area contributed by atoms with Crippen molar-refractivity contribution < 1.29 is 0 Å². The molecule has 0 atom stereocenters. The Labute approximate surface area is 132 Å². The van der Waals surface area contributed by atoms with E-state index in [9.17, 15) is 19.2 Å². The van der Waals surface area contributed by atoms with Crippen molar-refractivity contribution in [3.05, 3.63) is 64.4 Å². The summed E-state index contributed by atoms with van der Waals surface area (Å²) in [5.41, 5.74) is -0.544. The van der Waals surface area contributed by atoms with E-state index in [0.717, 1.165) is 0 Å². The van der Waals surface area contributed by atoms with Gasteiger partial charge in [-0.05, 0) is 13.8 Å². The van der Waals surface area contributed by atoms with Crippen LogP contribution in [0.3, 0.4) is 0 Å². The first kappa shape index (κ1) is 13.2. The molecule has 0 saturated carbocycles. The smallest absolute Gasteiger partial charge is 0.234 e. The molecule has 6 heteroatoms. The van der Waals surface area contributed by atoms with Gasteiger partial charge in [-0.1, -0.05) is 0 Å². The Morgan fingerprint density at radius 2 is 0.958 bits per heavy atom. The molecule has 0 aliphatic heterocycles. The topological polar surface area (TPSA) is 99.9 Å². The molecule has 2 aromatic heterocycles. The van der Waals surface area contributed by atoms with Crippen molar-refractivity contribution in [3.8, 4) is 0 Å². The van der Waals surface area contributed by atoms with E-state index in [1.807, 2.05) is 0 Å². The zero-order chi connectivity index (χ0) is 16.9. The van der Waals surface area contributed by atoms with Crippen LogP contribution in [0.15, 0.2) is 31.6 Å². The summed E-state index contributed by atoms with van der Waals surface area (Å²) in [6, 6.07) is 0. The van der Waals surface area contributed by atoms with Crippen molar-refractivity contribution in [2.75, 3.05) is 0 Å². The number of H-pyrrole nitrogens is 2. The van der Waals surface area contributed by atoms with Crippen LogP contribution in [0.5, 0.6) is 0 Å². The third-order valence-corrected chi connectivity index (χ3v) is 5.10. The highest BCUT2D eigenvalue weighted by Crippen LogP contribution is 2.37. The number of nitrogens with one attached hydrogen (secondary N) is 2. The summed E-state index contributed by atoms with van der Waals surface area (Å²) >= 11 is 0. The molecule has 0 radical (unpaired) electrons. The van der Waals surface area contributed by atoms with E-state index < -0.39 is 21.7 Å². The molecule has 116 valence electrons. The number of rotatable bonds is 0. The first-order chi connectivity index (χ1) is 11.4. The van der Waals surface area contributed by atoms with E-state index in [1.54, 1.807) is 26.2 Å². The number of fused-ring (bicyclic) bond motifs is 2. The van der Waals surface area contributed by atoms with Gasteiger partial charge < -0.3 is 9.97 Å². The van der Waals surface area contributed by atoms with Crippen LogP contribution in [0.1, 0.15) is 11.1 Å². The van der Waals surface area contributed by atoms with Gasteiger partial charge in [-0.3, -0.25) is 19.2 Å². The van der Waals surface area contributed by atoms with E-state index in [2.05, 4.69) is 9.97 Å². The fourth-order valence-electron chi connectivity index (χ4n) is 3.89. The van der Waals surface area contributed by atoms with Gasteiger partial charge in [0.2, 0.25) is 21.7 Å². The first-order valence-corrected chi connectivity index (χ1v) is 7.47. The number of hydrogen-bond donors (Lipinski definition) is 2. The van der Waals surface area contributed by atoms with Crippen LogP contribution in [0, 0.1) is 13.8 Å². The lowest BCUT2D eigenvalue weighted by atomic mass is 9.93. The van der Waals surface area contributed by atoms with Crippen molar-refractivity contribution in [1.82, 2.24) is 9.97 Å². The van der Waals surface area contributed by atoms with Gasteiger partial charge in [0, 0.05) is 55.8 Å². The normalized spacial score (nSPS) is 12.4. The molecule has 0 spiro atoms. The van der Waals surface area contributed by atoms with Crippen LogP contribution < -0.4 is 21.7 Å². The average Bonchev–Trinajstić information content (AvgIpc) is 3.18. The maximum Gasteiger partial charge on any atom is 0.234 e. The summed E-state index contributed by atoms with van der Waals surface area (Å²) in [5.74, 6) is 0. The zero-order valence-electron chi connectivity index (χ0n) is 12.8. The predicted octanol–water partition coefficient (Wildman–Crippen LogP) is 1.33. The molecule has 0 amide bonds. The summed E-state index contributed by atoms with van der Waals surface area (Å²) in [6.45, 7) is 3.16. The van der Waals surface area contributed by atoms with E-state index in [4.69, 9.17) is 0 Å². The summed E-state index contributed by atoms with van der Waals surface area (Å²) in [4.78, 5) is 55.8. The summed E-state index contributed by atoms with van der Waals surface area (Å²) in [6.07, 6.45) is 3.20. The van der Waals surface area contributed by atoms with E-state index in [0.29, 0.717) is 54.5 Å². The largest absolute Gasteiger partial charge is 0.360 e. The standard InChI is InChI=1S/C18H10N2O4/c1-5-13-9-7(3-19-13)12-10-8(11(9)17(23)15(5)21)4-20-14(10)6(2)16(22)18(12)24/h3-4,19-20H,1-2H3. The molecule has 24 heavy (non-hydrogen) atoms. The molecule has 5 aromatic rings. The van der Waals surface area contributed by atoms with Crippen molar-refractivity contribution in [1.29, 1.82) is 0 Å². The van der Waals surface area contributed by atoms with Crippen molar-refractivity contribution in [3.63, 3.8) is 0 Å². The van der Waals surface area contributed by atoms with E-state index >= 15 is 0 Å². The highest BCUT2D eigenvalue weighted by Gasteiger charge is 2.24. The molecule has 2 heterocycles. The van der Waals surface area contributed by atoms with Crippen LogP contribution in [0.25, 0.3) is 43.4 Å². The van der Waals surface area contributed by atoms with Gasteiger partial charge in [-0.15, -0.1) is 0 Å². The van der Waals surface area contributed by atoms with Gasteiger partial charge in [0.15, 0.2) is 0 Å². The van der Waals surface area contributed by atoms with Gasteiger partial charge in [0.25, 0.3) is 0 Å². The fourth-order valence-corrected chi connectivity index (χ4v) is 3.89. The van der Waals surface area contributed by atoms with Crippen molar-refractivity contribution in [2.24, 2.45) is 0 Å². The Morgan fingerprint density at radius 3 is 1.33 bits per heavy atom. The third-order valence-electron chi connectivity index (χ3n) is 5.10. The van der Waals surface area contributed by atoms with Crippen LogP contribution in [-0.2, 0) is 0 Å². The van der Waals surface area contributed by atoms with Crippen molar-refractivity contribution >= 4 is 43.4 Å². The Morgan fingerprint density at radius 1 is 0.583 bits per heavy atom. The average molecular weight is 318 g/mol. The number of aromatic amines is 2. The van der Waals surface area contributed by atoms with Crippen LogP contribution in [0.4, 0.5) is 0 Å². The number of benzene rings is 3. The Bertz CT molecular complexity index is 1420. The molecule has 5 rings (SSSR count). The van der Waals surface area contributed by atoms with E-state index in [-0.39, 0.29) is 0 Å². The maximum absolute atomic E-state index is 12.6. The molecule has 0 aliphatic carbocycles. The van der Waals surface area contributed by atoms with Crippen molar-refractivity contribution in [2.45, 2.75) is 13.8 Å². The number of hydrogen-bond acceptors (Lipinski definition) is 4.